The minimum atomic E-state index is -0.764. The smallest absolute Gasteiger partial charge is 0.306 e. The topological polar surface area (TPSA) is 78.9 Å². The summed E-state index contributed by atoms with van der Waals surface area (Å²) in [6.45, 7) is 13.8. The van der Waals surface area contributed by atoms with E-state index in [0.29, 0.717) is 19.3 Å². The summed E-state index contributed by atoms with van der Waals surface area (Å²) in [5, 5.41) is 0. The number of hydrogen-bond donors (Lipinski definition) is 0. The van der Waals surface area contributed by atoms with Gasteiger partial charge in [-0.3, -0.25) is 14.4 Å². The van der Waals surface area contributed by atoms with Crippen LogP contribution in [0.15, 0.2) is 0 Å². The monoisotopic (exact) mass is 1000 g/mol. The van der Waals surface area contributed by atoms with Crippen LogP contribution >= 0.6 is 0 Å². The zero-order valence-corrected chi connectivity index (χ0v) is 49.0. The van der Waals surface area contributed by atoms with Crippen molar-refractivity contribution in [2.45, 2.75) is 369 Å². The highest BCUT2D eigenvalue weighted by molar-refractivity contribution is 5.71. The van der Waals surface area contributed by atoms with Crippen molar-refractivity contribution in [1.82, 2.24) is 0 Å². The molecule has 0 aliphatic heterocycles. The van der Waals surface area contributed by atoms with Crippen molar-refractivity contribution < 1.29 is 28.6 Å². The third-order valence-corrected chi connectivity index (χ3v) is 14.9. The predicted molar refractivity (Wildman–Crippen MR) is 307 cm³/mol. The zero-order chi connectivity index (χ0) is 51.9. The summed E-state index contributed by atoms with van der Waals surface area (Å²) >= 11 is 0. The Morgan fingerprint density at radius 2 is 0.408 bits per heavy atom. The van der Waals surface area contributed by atoms with E-state index in [-0.39, 0.29) is 31.1 Å². The summed E-state index contributed by atoms with van der Waals surface area (Å²) in [6.07, 6.45) is 61.0. The van der Waals surface area contributed by atoms with E-state index in [1.807, 2.05) is 0 Å². The van der Waals surface area contributed by atoms with Gasteiger partial charge in [0.2, 0.25) is 0 Å². The van der Waals surface area contributed by atoms with Crippen molar-refractivity contribution in [2.24, 2.45) is 17.8 Å². The Kier molecular flexibility index (Phi) is 54.9. The number of rotatable bonds is 58. The first-order valence-corrected chi connectivity index (χ1v) is 32.1. The Hall–Kier alpha value is -1.59. The van der Waals surface area contributed by atoms with E-state index >= 15 is 0 Å². The number of ether oxygens (including phenoxy) is 3. The largest absolute Gasteiger partial charge is 0.462 e. The maximum Gasteiger partial charge on any atom is 0.306 e. The summed E-state index contributed by atoms with van der Waals surface area (Å²) in [5.41, 5.74) is 0. The molecule has 0 bridgehead atoms. The maximum absolute atomic E-state index is 12.9. The van der Waals surface area contributed by atoms with Crippen molar-refractivity contribution in [3.05, 3.63) is 0 Å². The van der Waals surface area contributed by atoms with Crippen LogP contribution < -0.4 is 0 Å². The first-order chi connectivity index (χ1) is 34.6. The van der Waals surface area contributed by atoms with Gasteiger partial charge in [-0.15, -0.1) is 0 Å². The minimum Gasteiger partial charge on any atom is -0.462 e. The number of carbonyl (C=O) groups excluding carboxylic acids is 3. The predicted octanol–water partition coefficient (Wildman–Crippen LogP) is 21.5. The molecule has 0 aromatic heterocycles. The van der Waals surface area contributed by atoms with Gasteiger partial charge in [0, 0.05) is 19.3 Å². The normalized spacial score (nSPS) is 12.1. The lowest BCUT2D eigenvalue weighted by atomic mass is 10.0. The third kappa shape index (κ3) is 59.2. The molecule has 6 nitrogen and oxygen atoms in total. The molecule has 0 fully saturated rings. The van der Waals surface area contributed by atoms with Crippen LogP contribution in [0.25, 0.3) is 0 Å². The van der Waals surface area contributed by atoms with E-state index in [0.717, 1.165) is 75.5 Å². The lowest BCUT2D eigenvalue weighted by Crippen LogP contribution is -2.30. The van der Waals surface area contributed by atoms with Crippen LogP contribution in [0, 0.1) is 17.8 Å². The van der Waals surface area contributed by atoms with Crippen LogP contribution in [0.3, 0.4) is 0 Å². The second-order valence-corrected chi connectivity index (χ2v) is 23.8. The van der Waals surface area contributed by atoms with Crippen LogP contribution in [0.1, 0.15) is 363 Å². The van der Waals surface area contributed by atoms with E-state index in [2.05, 4.69) is 41.5 Å². The molecule has 0 aromatic rings. The summed E-state index contributed by atoms with van der Waals surface area (Å²) in [7, 11) is 0. The molecule has 6 heteroatoms. The molecule has 0 radical (unpaired) electrons. The van der Waals surface area contributed by atoms with Crippen molar-refractivity contribution >= 4 is 17.9 Å². The minimum absolute atomic E-state index is 0.0625. The molecule has 0 unspecified atom stereocenters. The first kappa shape index (κ1) is 69.4. The van der Waals surface area contributed by atoms with E-state index in [9.17, 15) is 14.4 Å². The molecule has 0 rings (SSSR count). The lowest BCUT2D eigenvalue weighted by Gasteiger charge is -2.18. The van der Waals surface area contributed by atoms with E-state index < -0.39 is 6.10 Å². The fraction of sp³-hybridized carbons (Fsp3) is 0.954. The second-order valence-electron chi connectivity index (χ2n) is 23.8. The highest BCUT2D eigenvalue weighted by Gasteiger charge is 2.19. The molecule has 0 saturated carbocycles. The SMILES string of the molecule is CC(C)CCCCCCCCCCCCCCCCCCC(=O)OC[C@H](COC(=O)CCCCCCCCCCCCCCCC(C)C)OC(=O)CCCCCCCCCCCCCCCCCC(C)C. The molecule has 0 saturated heterocycles. The van der Waals surface area contributed by atoms with Crippen molar-refractivity contribution in [3.63, 3.8) is 0 Å². The molecule has 1 atom stereocenters. The molecular weight excluding hydrogens is 877 g/mol. The molecule has 0 aliphatic carbocycles. The summed E-state index contributed by atoms with van der Waals surface area (Å²) in [6, 6.07) is 0. The number of esters is 3. The highest BCUT2D eigenvalue weighted by atomic mass is 16.6. The molecule has 0 N–H and O–H groups in total. The van der Waals surface area contributed by atoms with Crippen LogP contribution in [0.2, 0.25) is 0 Å². The van der Waals surface area contributed by atoms with Gasteiger partial charge in [0.1, 0.15) is 13.2 Å². The van der Waals surface area contributed by atoms with Gasteiger partial charge in [0.05, 0.1) is 0 Å². The fourth-order valence-electron chi connectivity index (χ4n) is 10.1. The van der Waals surface area contributed by atoms with Gasteiger partial charge in [-0.05, 0) is 37.0 Å². The van der Waals surface area contributed by atoms with Gasteiger partial charge < -0.3 is 14.2 Å². The van der Waals surface area contributed by atoms with Gasteiger partial charge in [0.25, 0.3) is 0 Å². The van der Waals surface area contributed by atoms with Gasteiger partial charge in [-0.25, -0.2) is 0 Å². The maximum atomic E-state index is 12.9. The van der Waals surface area contributed by atoms with Crippen LogP contribution in [0.4, 0.5) is 0 Å². The Balaban J connectivity index is 4.29. The average molecular weight is 1000 g/mol. The van der Waals surface area contributed by atoms with Crippen molar-refractivity contribution in [2.75, 3.05) is 13.2 Å². The van der Waals surface area contributed by atoms with E-state index in [4.69, 9.17) is 14.2 Å². The molecular formula is C65H126O6. The molecule has 0 aromatic carbocycles. The Morgan fingerprint density at radius 1 is 0.239 bits per heavy atom. The van der Waals surface area contributed by atoms with Crippen molar-refractivity contribution in [1.29, 1.82) is 0 Å². The molecule has 0 spiro atoms. The van der Waals surface area contributed by atoms with Gasteiger partial charge in [-0.1, -0.05) is 324 Å². The van der Waals surface area contributed by atoms with Crippen LogP contribution in [-0.2, 0) is 28.6 Å². The lowest BCUT2D eigenvalue weighted by molar-refractivity contribution is -0.167. The van der Waals surface area contributed by atoms with Gasteiger partial charge in [-0.2, -0.15) is 0 Å². The third-order valence-electron chi connectivity index (χ3n) is 14.9. The number of hydrogen-bond acceptors (Lipinski definition) is 6. The Morgan fingerprint density at radius 3 is 0.606 bits per heavy atom. The second kappa shape index (κ2) is 56.1. The summed E-state index contributed by atoms with van der Waals surface area (Å²) in [4.78, 5) is 38.3. The van der Waals surface area contributed by atoms with Crippen molar-refractivity contribution in [3.8, 4) is 0 Å². The Labute approximate surface area is 444 Å². The van der Waals surface area contributed by atoms with Crippen LogP contribution in [-0.4, -0.2) is 37.2 Å². The summed E-state index contributed by atoms with van der Waals surface area (Å²) in [5.74, 6) is 1.71. The van der Waals surface area contributed by atoms with Gasteiger partial charge in [0.15, 0.2) is 6.10 Å². The molecule has 0 heterocycles. The molecule has 71 heavy (non-hydrogen) atoms. The quantitative estimate of drug-likeness (QED) is 0.0343. The molecule has 422 valence electrons. The average Bonchev–Trinajstić information content (AvgIpc) is 3.33. The number of unbranched alkanes of at least 4 members (excludes halogenated alkanes) is 41. The number of carbonyl (C=O) groups is 3. The van der Waals surface area contributed by atoms with Crippen LogP contribution in [0.5, 0.6) is 0 Å². The highest BCUT2D eigenvalue weighted by Crippen LogP contribution is 2.19. The first-order valence-electron chi connectivity index (χ1n) is 32.1. The molecule has 0 aliphatic rings. The standard InChI is InChI=1S/C65H126O6/c1-59(2)51-45-39-33-27-21-15-10-7-8-12-18-24-30-36-42-48-54-63(66)69-57-62(58-70-64(67)55-49-43-37-31-25-20-14-17-23-29-35-41-47-53-61(5)6)71-65(68)56-50-44-38-32-26-19-13-9-11-16-22-28-34-40-46-52-60(3)4/h59-62H,7-58H2,1-6H3/t62-/m1/s1. The van der Waals surface area contributed by atoms with E-state index in [1.165, 1.54) is 244 Å². The molecule has 0 amide bonds. The van der Waals surface area contributed by atoms with E-state index in [1.54, 1.807) is 0 Å². The summed E-state index contributed by atoms with van der Waals surface area (Å²) < 4.78 is 17.0. The van der Waals surface area contributed by atoms with Gasteiger partial charge >= 0.3 is 17.9 Å². The fourth-order valence-corrected chi connectivity index (χ4v) is 10.1. The Bertz CT molecular complexity index is 1100. The zero-order valence-electron chi connectivity index (χ0n) is 49.0.